The van der Waals surface area contributed by atoms with Gasteiger partial charge in [0, 0.05) is 46.8 Å². The number of alkyl halides is 3. The van der Waals surface area contributed by atoms with Crippen LogP contribution in [0, 0.1) is 18.3 Å². The van der Waals surface area contributed by atoms with E-state index < -0.39 is 41.8 Å². The number of rotatable bonds is 8. The minimum Gasteiger partial charge on any atom is -0.489 e. The van der Waals surface area contributed by atoms with Crippen molar-refractivity contribution in [3.05, 3.63) is 71.4 Å². The SMILES string of the molecule is Cc1cc(COc2ccc(C(=O)NC(CC(=O)NOC(=O)C(F)(F)F)C3CCN(C(=O)C(C)(C)C)CC3)cc2)c2ccccc2n1. The second-order valence-electron chi connectivity index (χ2n) is 12.3. The zero-order valence-corrected chi connectivity index (χ0v) is 26.1. The minimum atomic E-state index is -5.28. The first-order valence-corrected chi connectivity index (χ1v) is 14.9. The number of aryl methyl sites for hydroxylation is 1. The van der Waals surface area contributed by atoms with Gasteiger partial charge in [-0.05, 0) is 62.1 Å². The maximum absolute atomic E-state index is 13.3. The molecule has 4 rings (SSSR count). The Hall–Kier alpha value is -4.68. The number of piperidine rings is 1. The van der Waals surface area contributed by atoms with Gasteiger partial charge in [0.1, 0.15) is 12.4 Å². The molecular formula is C33H37F3N4O6. The van der Waals surface area contributed by atoms with Gasteiger partial charge in [-0.3, -0.25) is 19.4 Å². The van der Waals surface area contributed by atoms with Gasteiger partial charge in [-0.2, -0.15) is 18.7 Å². The molecule has 1 aliphatic rings. The van der Waals surface area contributed by atoms with Gasteiger partial charge < -0.3 is 19.8 Å². The molecule has 0 radical (unpaired) electrons. The number of carbonyl (C=O) groups is 4. The Morgan fingerprint density at radius 2 is 1.65 bits per heavy atom. The zero-order chi connectivity index (χ0) is 33.6. The molecule has 1 atom stereocenters. The average Bonchev–Trinajstić information content (AvgIpc) is 3.01. The van der Waals surface area contributed by atoms with Crippen LogP contribution in [-0.2, 0) is 25.8 Å². The fraction of sp³-hybridized carbons (Fsp3) is 0.424. The Bertz CT molecular complexity index is 1580. The lowest BCUT2D eigenvalue weighted by atomic mass is 9.85. The van der Waals surface area contributed by atoms with Gasteiger partial charge in [0.15, 0.2) is 0 Å². The third-order valence-corrected chi connectivity index (χ3v) is 7.69. The number of likely N-dealkylation sites (tertiary alicyclic amines) is 1. The van der Waals surface area contributed by atoms with Crippen molar-refractivity contribution in [3.8, 4) is 5.75 Å². The molecule has 1 unspecified atom stereocenters. The van der Waals surface area contributed by atoms with E-state index in [2.05, 4.69) is 15.1 Å². The van der Waals surface area contributed by atoms with Crippen molar-refractivity contribution in [2.24, 2.45) is 11.3 Å². The third-order valence-electron chi connectivity index (χ3n) is 7.69. The van der Waals surface area contributed by atoms with Crippen molar-refractivity contribution in [2.75, 3.05) is 13.1 Å². The Kier molecular flexibility index (Phi) is 10.5. The van der Waals surface area contributed by atoms with Gasteiger partial charge >= 0.3 is 12.1 Å². The van der Waals surface area contributed by atoms with Gasteiger partial charge in [0.2, 0.25) is 5.91 Å². The summed E-state index contributed by atoms with van der Waals surface area (Å²) >= 11 is 0. The highest BCUT2D eigenvalue weighted by Gasteiger charge is 2.42. The van der Waals surface area contributed by atoms with Crippen molar-refractivity contribution in [1.29, 1.82) is 0 Å². The van der Waals surface area contributed by atoms with Crippen LogP contribution in [-0.4, -0.2) is 58.9 Å². The normalized spacial score (nSPS) is 14.8. The van der Waals surface area contributed by atoms with E-state index in [1.165, 1.54) is 5.48 Å². The van der Waals surface area contributed by atoms with Crippen LogP contribution in [0.4, 0.5) is 13.2 Å². The molecule has 3 aromatic rings. The van der Waals surface area contributed by atoms with Gasteiger partial charge in [-0.15, -0.1) is 0 Å². The molecular weight excluding hydrogens is 605 g/mol. The molecule has 1 fully saturated rings. The summed E-state index contributed by atoms with van der Waals surface area (Å²) in [6.45, 7) is 8.40. The van der Waals surface area contributed by atoms with Crippen LogP contribution in [0.5, 0.6) is 5.75 Å². The number of pyridine rings is 1. The summed E-state index contributed by atoms with van der Waals surface area (Å²) in [7, 11) is 0. The minimum absolute atomic E-state index is 0.0297. The number of amides is 3. The molecule has 13 heteroatoms. The number of hydroxylamine groups is 1. The van der Waals surface area contributed by atoms with E-state index >= 15 is 0 Å². The average molecular weight is 643 g/mol. The Labute approximate surface area is 264 Å². The molecule has 2 heterocycles. The first-order chi connectivity index (χ1) is 21.6. The smallest absolute Gasteiger partial charge is 0.489 e. The number of hydrogen-bond acceptors (Lipinski definition) is 7. The number of benzene rings is 2. The Morgan fingerprint density at radius 3 is 2.28 bits per heavy atom. The van der Waals surface area contributed by atoms with Crippen LogP contribution in [0.2, 0.25) is 0 Å². The van der Waals surface area contributed by atoms with E-state index in [4.69, 9.17) is 4.74 Å². The van der Waals surface area contributed by atoms with E-state index in [1.807, 2.05) is 58.0 Å². The predicted octanol–water partition coefficient (Wildman–Crippen LogP) is 5.03. The van der Waals surface area contributed by atoms with Gasteiger partial charge in [0.25, 0.3) is 11.8 Å². The quantitative estimate of drug-likeness (QED) is 0.330. The van der Waals surface area contributed by atoms with E-state index in [0.717, 1.165) is 22.2 Å². The van der Waals surface area contributed by atoms with Crippen molar-refractivity contribution in [2.45, 2.75) is 65.8 Å². The van der Waals surface area contributed by atoms with Gasteiger partial charge in [-0.25, -0.2) is 4.79 Å². The number of halogens is 3. The molecule has 1 aromatic heterocycles. The number of aromatic nitrogens is 1. The summed E-state index contributed by atoms with van der Waals surface area (Å²) in [4.78, 5) is 59.7. The van der Waals surface area contributed by atoms with Gasteiger partial charge in [-0.1, -0.05) is 39.0 Å². The molecule has 1 aliphatic heterocycles. The van der Waals surface area contributed by atoms with Crippen LogP contribution in [0.1, 0.15) is 61.6 Å². The van der Waals surface area contributed by atoms with E-state index in [1.54, 1.807) is 29.2 Å². The van der Waals surface area contributed by atoms with Crippen LogP contribution < -0.4 is 15.5 Å². The molecule has 2 aromatic carbocycles. The highest BCUT2D eigenvalue weighted by Crippen LogP contribution is 2.27. The Morgan fingerprint density at radius 1 is 1.00 bits per heavy atom. The van der Waals surface area contributed by atoms with Crippen LogP contribution in [0.15, 0.2) is 54.6 Å². The molecule has 46 heavy (non-hydrogen) atoms. The molecule has 0 saturated carbocycles. The fourth-order valence-corrected chi connectivity index (χ4v) is 5.35. The predicted molar refractivity (Wildman–Crippen MR) is 162 cm³/mol. The maximum atomic E-state index is 13.3. The number of fused-ring (bicyclic) bond motifs is 1. The molecule has 0 bridgehead atoms. The summed E-state index contributed by atoms with van der Waals surface area (Å²) in [5, 5.41) is 3.79. The number of nitrogens with zero attached hydrogens (tertiary/aromatic N) is 2. The lowest BCUT2D eigenvalue weighted by Crippen LogP contribution is -2.50. The third kappa shape index (κ3) is 8.95. The second-order valence-corrected chi connectivity index (χ2v) is 12.3. The monoisotopic (exact) mass is 642 g/mol. The number of hydrogen-bond donors (Lipinski definition) is 2. The van der Waals surface area contributed by atoms with E-state index in [0.29, 0.717) is 31.7 Å². The summed E-state index contributed by atoms with van der Waals surface area (Å²) in [5.41, 5.74) is 3.90. The Balaban J connectivity index is 1.41. The molecule has 3 amide bonds. The van der Waals surface area contributed by atoms with E-state index in [-0.39, 0.29) is 24.0 Å². The van der Waals surface area contributed by atoms with Crippen molar-refractivity contribution >= 4 is 34.6 Å². The molecule has 0 aliphatic carbocycles. The molecule has 0 spiro atoms. The second kappa shape index (κ2) is 14.2. The summed E-state index contributed by atoms with van der Waals surface area (Å²) in [6.07, 6.45) is -4.85. The lowest BCUT2D eigenvalue weighted by molar-refractivity contribution is -0.207. The number of carbonyl (C=O) groups excluding carboxylic acids is 4. The molecule has 2 N–H and O–H groups in total. The molecule has 246 valence electrons. The highest BCUT2D eigenvalue weighted by atomic mass is 19.4. The summed E-state index contributed by atoms with van der Waals surface area (Å²) in [5.74, 6) is -3.88. The van der Waals surface area contributed by atoms with Gasteiger partial charge in [0.05, 0.1) is 11.9 Å². The maximum Gasteiger partial charge on any atom is 0.493 e. The van der Waals surface area contributed by atoms with Crippen LogP contribution >= 0.6 is 0 Å². The summed E-state index contributed by atoms with van der Waals surface area (Å²) < 4.78 is 43.5. The number of ether oxygens (including phenoxy) is 1. The zero-order valence-electron chi connectivity index (χ0n) is 26.1. The van der Waals surface area contributed by atoms with Crippen LogP contribution in [0.25, 0.3) is 10.9 Å². The topological polar surface area (TPSA) is 127 Å². The summed E-state index contributed by atoms with van der Waals surface area (Å²) in [6, 6.07) is 15.3. The fourth-order valence-electron chi connectivity index (χ4n) is 5.35. The van der Waals surface area contributed by atoms with Crippen molar-refractivity contribution < 1.29 is 41.9 Å². The number of para-hydroxylation sites is 1. The van der Waals surface area contributed by atoms with Crippen molar-refractivity contribution in [1.82, 2.24) is 20.7 Å². The number of nitrogens with one attached hydrogen (secondary N) is 2. The van der Waals surface area contributed by atoms with Crippen LogP contribution in [0.3, 0.4) is 0 Å². The first kappa shape index (κ1) is 34.2. The lowest BCUT2D eigenvalue weighted by Gasteiger charge is -2.38. The van der Waals surface area contributed by atoms with E-state index in [9.17, 15) is 32.3 Å². The van der Waals surface area contributed by atoms with Crippen molar-refractivity contribution in [3.63, 3.8) is 0 Å². The molecule has 10 nitrogen and oxygen atoms in total. The standard InChI is InChI=1S/C33H37F3N4O6/c1-20-17-23(25-7-5-6-8-26(25)37-20)19-45-24-11-9-22(10-12-24)29(42)38-27(18-28(41)39-46-31(44)33(34,35)36)21-13-15-40(16-14-21)30(43)32(2,3)4/h5-12,17,21,27H,13-16,18-19H2,1-4H3,(H,38,42)(H,39,41). The highest BCUT2D eigenvalue weighted by molar-refractivity contribution is 5.95. The first-order valence-electron chi connectivity index (χ1n) is 14.9. The molecule has 1 saturated heterocycles. The largest absolute Gasteiger partial charge is 0.493 e.